The zero-order valence-electron chi connectivity index (χ0n) is 24.6. The highest BCUT2D eigenvalue weighted by molar-refractivity contribution is 8.00. The van der Waals surface area contributed by atoms with Crippen LogP contribution in [0.2, 0.25) is 0 Å². The number of hydrogen-bond donors (Lipinski definition) is 2. The predicted octanol–water partition coefficient (Wildman–Crippen LogP) is 9.45. The maximum Gasteiger partial charge on any atom is 0.464 e. The van der Waals surface area contributed by atoms with Crippen molar-refractivity contribution in [2.75, 3.05) is 25.1 Å². The summed E-state index contributed by atoms with van der Waals surface area (Å²) >= 11 is -0.659. The first kappa shape index (κ1) is 35.5. The van der Waals surface area contributed by atoms with Gasteiger partial charge in [-0.05, 0) is 48.9 Å². The Balaban J connectivity index is 1.95. The highest BCUT2D eigenvalue weighted by Crippen LogP contribution is 2.48. The summed E-state index contributed by atoms with van der Waals surface area (Å²) in [6.45, 7) is 5.53. The first-order valence-electron chi connectivity index (χ1n) is 14.2. The van der Waals surface area contributed by atoms with E-state index in [9.17, 15) is 34.9 Å². The van der Waals surface area contributed by atoms with E-state index in [0.29, 0.717) is 24.5 Å². The molecular weight excluding hydrogens is 629 g/mol. The maximum atomic E-state index is 13.5. The van der Waals surface area contributed by atoms with Crippen molar-refractivity contribution in [3.05, 3.63) is 30.3 Å². The van der Waals surface area contributed by atoms with Gasteiger partial charge in [0.25, 0.3) is 10.1 Å². The van der Waals surface area contributed by atoms with Gasteiger partial charge in [0.05, 0.1) is 23.8 Å². The summed E-state index contributed by atoms with van der Waals surface area (Å²) in [5.41, 5.74) is 0.540. The van der Waals surface area contributed by atoms with E-state index in [2.05, 4.69) is 34.0 Å². The van der Waals surface area contributed by atoms with E-state index < -0.39 is 38.2 Å². The first-order valence-corrected chi connectivity index (χ1v) is 16.4. The molecule has 0 aliphatic rings. The molecule has 244 valence electrons. The Morgan fingerprint density at radius 1 is 0.955 bits per heavy atom. The number of azo groups is 1. The molecule has 9 nitrogen and oxygen atoms in total. The molecule has 1 heterocycles. The molecule has 0 aliphatic heterocycles. The number of rotatable bonds is 17. The highest BCUT2D eigenvalue weighted by Gasteiger charge is 2.58. The first-order chi connectivity index (χ1) is 20.7. The van der Waals surface area contributed by atoms with Crippen molar-refractivity contribution in [2.45, 2.75) is 86.4 Å². The number of methoxy groups -OCH3 is 1. The SMILES string of the molecule is CCCCCCN(CCCCCC)c1cc(S(=O)(=O)O)c(N=Nc2nc3ccc(SC(F)(F)C(F)(F)F)cc3[nH]2)cc1OC. The second kappa shape index (κ2) is 15.3. The number of nitrogens with zero attached hydrogens (tertiary/aromatic N) is 4. The zero-order valence-corrected chi connectivity index (χ0v) is 26.3. The molecule has 3 aromatic rings. The largest absolute Gasteiger partial charge is 0.495 e. The number of aromatic amines is 1. The summed E-state index contributed by atoms with van der Waals surface area (Å²) < 4.78 is 105. The van der Waals surface area contributed by atoms with Crippen molar-refractivity contribution >= 4 is 50.2 Å². The molecule has 2 aromatic carbocycles. The molecule has 16 heteroatoms. The van der Waals surface area contributed by atoms with Crippen LogP contribution < -0.4 is 9.64 Å². The molecular formula is C28H36F5N5O4S2. The number of alkyl halides is 5. The van der Waals surface area contributed by atoms with Gasteiger partial charge in [-0.3, -0.25) is 4.55 Å². The van der Waals surface area contributed by atoms with Gasteiger partial charge in [-0.15, -0.1) is 10.2 Å². The minimum absolute atomic E-state index is 0.103. The van der Waals surface area contributed by atoms with Crippen LogP contribution in [-0.4, -0.2) is 54.6 Å². The fraction of sp³-hybridized carbons (Fsp3) is 0.536. The molecule has 2 N–H and O–H groups in total. The summed E-state index contributed by atoms with van der Waals surface area (Å²) in [5, 5.41) is 2.86. The molecule has 44 heavy (non-hydrogen) atoms. The van der Waals surface area contributed by atoms with Gasteiger partial charge in [0.1, 0.15) is 16.3 Å². The van der Waals surface area contributed by atoms with Crippen LogP contribution in [-0.2, 0) is 10.1 Å². The van der Waals surface area contributed by atoms with E-state index in [1.165, 1.54) is 25.3 Å². The molecule has 0 saturated heterocycles. The molecule has 0 fully saturated rings. The van der Waals surface area contributed by atoms with Crippen LogP contribution in [0.25, 0.3) is 11.0 Å². The number of H-pyrrole nitrogens is 1. The summed E-state index contributed by atoms with van der Waals surface area (Å²) in [5.74, 6) is 0.136. The minimum Gasteiger partial charge on any atom is -0.495 e. The molecule has 0 saturated carbocycles. The normalized spacial score (nSPS) is 12.8. The molecule has 3 rings (SSSR count). The van der Waals surface area contributed by atoms with E-state index in [-0.39, 0.29) is 27.6 Å². The molecule has 0 bridgehead atoms. The number of imidazole rings is 1. The van der Waals surface area contributed by atoms with Crippen LogP contribution in [0, 0.1) is 0 Å². The number of aromatic nitrogens is 2. The molecule has 1 aromatic heterocycles. The van der Waals surface area contributed by atoms with Gasteiger partial charge in [0.15, 0.2) is 0 Å². The second-order valence-corrected chi connectivity index (χ2v) is 12.7. The van der Waals surface area contributed by atoms with Gasteiger partial charge < -0.3 is 14.6 Å². The average molecular weight is 666 g/mol. The van der Waals surface area contributed by atoms with E-state index in [1.54, 1.807) is 0 Å². The van der Waals surface area contributed by atoms with Crippen molar-refractivity contribution in [3.8, 4) is 5.75 Å². The van der Waals surface area contributed by atoms with Crippen LogP contribution >= 0.6 is 11.8 Å². The third-order valence-electron chi connectivity index (χ3n) is 6.71. The van der Waals surface area contributed by atoms with Crippen LogP contribution in [0.15, 0.2) is 50.4 Å². The van der Waals surface area contributed by atoms with Gasteiger partial charge >= 0.3 is 11.4 Å². The molecule has 0 aliphatic carbocycles. The van der Waals surface area contributed by atoms with Gasteiger partial charge in [0, 0.05) is 24.1 Å². The van der Waals surface area contributed by atoms with Crippen LogP contribution in [0.4, 0.5) is 39.3 Å². The summed E-state index contributed by atoms with van der Waals surface area (Å²) in [4.78, 5) is 7.92. The Morgan fingerprint density at radius 3 is 2.14 bits per heavy atom. The van der Waals surface area contributed by atoms with Crippen molar-refractivity contribution < 1.29 is 39.7 Å². The standard InChI is InChI=1S/C28H36F5N5O4S2/c1-4-6-8-10-14-38(15-11-9-7-5-2)23-18-25(44(39,40)41)22(17-24(23)42-3)36-37-26-34-20-13-12-19(16-21(20)35-26)43-28(32,33)27(29,30)31/h12-13,16-18H,4-11,14-15H2,1-3H3,(H,34,35)(H,39,40,41). The lowest BCUT2D eigenvalue weighted by Crippen LogP contribution is -2.32. The lowest BCUT2D eigenvalue weighted by molar-refractivity contribution is -0.237. The Labute approximate surface area is 257 Å². The number of benzene rings is 2. The number of anilines is 1. The summed E-state index contributed by atoms with van der Waals surface area (Å²) in [6, 6.07) is 5.98. The van der Waals surface area contributed by atoms with Gasteiger partial charge in [0.2, 0.25) is 5.95 Å². The Kier molecular flexibility index (Phi) is 12.4. The van der Waals surface area contributed by atoms with Crippen molar-refractivity contribution in [1.29, 1.82) is 0 Å². The van der Waals surface area contributed by atoms with E-state index in [1.807, 2.05) is 4.90 Å². The lowest BCUT2D eigenvalue weighted by atomic mass is 10.1. The molecule has 0 radical (unpaired) electrons. The number of ether oxygens (including phenoxy) is 1. The van der Waals surface area contributed by atoms with Crippen LogP contribution in [0.5, 0.6) is 5.75 Å². The van der Waals surface area contributed by atoms with E-state index in [4.69, 9.17) is 4.74 Å². The number of nitrogens with one attached hydrogen (secondary N) is 1. The van der Waals surface area contributed by atoms with Crippen LogP contribution in [0.1, 0.15) is 65.2 Å². The number of halogens is 5. The number of fused-ring (bicyclic) bond motifs is 1. The van der Waals surface area contributed by atoms with E-state index in [0.717, 1.165) is 63.5 Å². The monoisotopic (exact) mass is 665 g/mol. The predicted molar refractivity (Wildman–Crippen MR) is 160 cm³/mol. The number of unbranched alkanes of at least 4 members (excludes halogenated alkanes) is 6. The number of thioether (sulfide) groups is 1. The van der Waals surface area contributed by atoms with Gasteiger partial charge in [-0.2, -0.15) is 30.4 Å². The smallest absolute Gasteiger partial charge is 0.464 e. The van der Waals surface area contributed by atoms with Gasteiger partial charge in [-0.25, -0.2) is 4.98 Å². The maximum absolute atomic E-state index is 13.5. The minimum atomic E-state index is -5.73. The Hall–Kier alpha value is -2.98. The Bertz CT molecular complexity index is 1520. The molecule has 0 unspecified atom stereocenters. The topological polar surface area (TPSA) is 120 Å². The van der Waals surface area contributed by atoms with E-state index >= 15 is 0 Å². The lowest BCUT2D eigenvalue weighted by Gasteiger charge is -2.27. The number of hydrogen-bond acceptors (Lipinski definition) is 8. The average Bonchev–Trinajstić information content (AvgIpc) is 3.35. The fourth-order valence-electron chi connectivity index (χ4n) is 4.44. The zero-order chi connectivity index (χ0) is 32.5. The quantitative estimate of drug-likeness (QED) is 0.0484. The van der Waals surface area contributed by atoms with Crippen LogP contribution in [0.3, 0.4) is 0 Å². The fourth-order valence-corrected chi connectivity index (χ4v) is 5.79. The molecule has 0 amide bonds. The molecule has 0 atom stereocenters. The third kappa shape index (κ3) is 9.51. The Morgan fingerprint density at radius 2 is 1.59 bits per heavy atom. The summed E-state index contributed by atoms with van der Waals surface area (Å²) in [6.07, 6.45) is 2.30. The molecule has 0 spiro atoms. The summed E-state index contributed by atoms with van der Waals surface area (Å²) in [7, 11) is -3.34. The van der Waals surface area contributed by atoms with Crippen molar-refractivity contribution in [1.82, 2.24) is 9.97 Å². The third-order valence-corrected chi connectivity index (χ3v) is 8.57. The van der Waals surface area contributed by atoms with Gasteiger partial charge in [-0.1, -0.05) is 52.4 Å². The second-order valence-electron chi connectivity index (χ2n) is 10.1. The van der Waals surface area contributed by atoms with Crippen molar-refractivity contribution in [2.24, 2.45) is 10.2 Å². The van der Waals surface area contributed by atoms with Crippen molar-refractivity contribution in [3.63, 3.8) is 0 Å². The highest BCUT2D eigenvalue weighted by atomic mass is 32.2.